The van der Waals surface area contributed by atoms with E-state index in [4.69, 9.17) is 0 Å². The lowest BCUT2D eigenvalue weighted by Gasteiger charge is -1.58. The molecule has 1 heterocycles. The molecule has 4 heteroatoms. The van der Waals surface area contributed by atoms with E-state index in [1.54, 1.807) is 4.68 Å². The summed E-state index contributed by atoms with van der Waals surface area (Å²) in [6.07, 6.45) is 1.91. The van der Waals surface area contributed by atoms with Gasteiger partial charge in [0, 0.05) is 11.5 Å². The molecule has 2 nitrogen and oxygen atoms in total. The highest BCUT2D eigenvalue weighted by Crippen LogP contribution is 1.76. The highest BCUT2D eigenvalue weighted by atomic mass is 127. The van der Waals surface area contributed by atoms with Crippen LogP contribution in [-0.4, -0.2) is 4.49 Å². The predicted molar refractivity (Wildman–Crippen MR) is 23.3 cm³/mol. The molecule has 0 N–H and O–H groups in total. The van der Waals surface area contributed by atoms with Crippen molar-refractivity contribution >= 4 is 11.5 Å². The first kappa shape index (κ1) is 7.29. The molecule has 0 atom stereocenters. The second kappa shape index (κ2) is 3.31. The van der Waals surface area contributed by atoms with Gasteiger partial charge in [0.15, 0.2) is 7.05 Å². The van der Waals surface area contributed by atoms with E-state index in [0.717, 1.165) is 0 Å². The molecule has 0 radical (unpaired) electrons. The average Bonchev–Trinajstić information content (AvgIpc) is 1.86. The summed E-state index contributed by atoms with van der Waals surface area (Å²) in [6, 6.07) is 0. The van der Waals surface area contributed by atoms with Crippen molar-refractivity contribution in [2.24, 2.45) is 7.05 Å². The van der Waals surface area contributed by atoms with Crippen LogP contribution < -0.4 is 28.7 Å². The van der Waals surface area contributed by atoms with Crippen LogP contribution in [-0.2, 0) is 7.05 Å². The number of halogens is 1. The summed E-state index contributed by atoms with van der Waals surface area (Å²) in [6.45, 7) is 0. The van der Waals surface area contributed by atoms with E-state index < -0.39 is 0 Å². The molecule has 1 rings (SSSR count). The Morgan fingerprint density at radius 3 is 2.57 bits per heavy atom. The maximum absolute atomic E-state index is 3.88. The molecular formula is C3H5IN2S. The Hall–Kier alpha value is 0.290. The van der Waals surface area contributed by atoms with Crippen LogP contribution in [0.2, 0.25) is 0 Å². The van der Waals surface area contributed by atoms with Crippen LogP contribution in [0.25, 0.3) is 0 Å². The molecule has 40 valence electrons. The Labute approximate surface area is 63.3 Å². The maximum atomic E-state index is 3.88. The Kier molecular flexibility index (Phi) is 3.45. The first-order valence-electron chi connectivity index (χ1n) is 1.66. The second-order valence-electron chi connectivity index (χ2n) is 1.05. The topological polar surface area (TPSA) is 16.8 Å². The van der Waals surface area contributed by atoms with Gasteiger partial charge in [-0.3, -0.25) is 0 Å². The molecule has 0 saturated heterocycles. The number of rotatable bonds is 0. The number of hydrogen-bond acceptors (Lipinski definition) is 2. The fourth-order valence-electron chi connectivity index (χ4n) is 0.244. The van der Waals surface area contributed by atoms with Gasteiger partial charge in [-0.15, -0.1) is 0 Å². The van der Waals surface area contributed by atoms with Gasteiger partial charge in [-0.05, 0) is 0 Å². The van der Waals surface area contributed by atoms with Crippen LogP contribution in [0, 0.1) is 0 Å². The molecule has 0 aliphatic rings. The zero-order valence-electron chi connectivity index (χ0n) is 3.84. The van der Waals surface area contributed by atoms with Crippen molar-refractivity contribution in [1.29, 1.82) is 0 Å². The van der Waals surface area contributed by atoms with Gasteiger partial charge in [-0.2, -0.15) is 0 Å². The van der Waals surface area contributed by atoms with Gasteiger partial charge >= 0.3 is 0 Å². The summed E-state index contributed by atoms with van der Waals surface area (Å²) in [5.74, 6) is 0. The van der Waals surface area contributed by atoms with Crippen molar-refractivity contribution in [3.63, 3.8) is 0 Å². The molecule has 0 aliphatic carbocycles. The Bertz CT molecular complexity index is 116. The SMILES string of the molecule is C[n+]1ccsn1.[I-]. The number of aromatic nitrogens is 2. The Morgan fingerprint density at radius 1 is 1.71 bits per heavy atom. The Balaban J connectivity index is 0.000000360. The monoisotopic (exact) mass is 228 g/mol. The van der Waals surface area contributed by atoms with Gasteiger partial charge in [-0.25, -0.2) is 0 Å². The van der Waals surface area contributed by atoms with E-state index in [1.807, 2.05) is 18.6 Å². The van der Waals surface area contributed by atoms with Crippen molar-refractivity contribution < 1.29 is 28.7 Å². The summed E-state index contributed by atoms with van der Waals surface area (Å²) in [4.78, 5) is 0. The summed E-state index contributed by atoms with van der Waals surface area (Å²) >= 11 is 1.45. The summed E-state index contributed by atoms with van der Waals surface area (Å²) in [5, 5.41) is 1.93. The Morgan fingerprint density at radius 2 is 2.43 bits per heavy atom. The third-order valence-electron chi connectivity index (χ3n) is 0.513. The number of hydrogen-bond donors (Lipinski definition) is 0. The van der Waals surface area contributed by atoms with Crippen LogP contribution >= 0.6 is 11.5 Å². The molecule has 0 aromatic carbocycles. The quantitative estimate of drug-likeness (QED) is 0.341. The van der Waals surface area contributed by atoms with Crippen LogP contribution in [0.3, 0.4) is 0 Å². The molecule has 0 unspecified atom stereocenters. The van der Waals surface area contributed by atoms with Crippen LogP contribution in [0.4, 0.5) is 0 Å². The summed E-state index contributed by atoms with van der Waals surface area (Å²) in [5.41, 5.74) is 0. The fraction of sp³-hybridized carbons (Fsp3) is 0.333. The lowest BCUT2D eigenvalue weighted by atomic mass is 11.0. The highest BCUT2D eigenvalue weighted by molar-refractivity contribution is 7.03. The summed E-state index contributed by atoms with van der Waals surface area (Å²) in [7, 11) is 1.90. The van der Waals surface area contributed by atoms with Gasteiger partial charge in [-0.1, -0.05) is 4.68 Å². The molecule has 1 aromatic rings. The van der Waals surface area contributed by atoms with Gasteiger partial charge in [0.25, 0.3) is 0 Å². The molecule has 0 spiro atoms. The fourth-order valence-corrected chi connectivity index (χ4v) is 0.732. The summed E-state index contributed by atoms with van der Waals surface area (Å²) < 4.78 is 5.64. The van der Waals surface area contributed by atoms with E-state index in [-0.39, 0.29) is 24.0 Å². The average molecular weight is 228 g/mol. The van der Waals surface area contributed by atoms with Gasteiger partial charge in [0.1, 0.15) is 0 Å². The van der Waals surface area contributed by atoms with Crippen LogP contribution in [0.1, 0.15) is 0 Å². The largest absolute Gasteiger partial charge is 1.00 e. The molecule has 0 aliphatic heterocycles. The minimum atomic E-state index is 0. The second-order valence-corrected chi connectivity index (χ2v) is 1.69. The number of nitrogens with zero attached hydrogens (tertiary/aromatic N) is 2. The van der Waals surface area contributed by atoms with Crippen molar-refractivity contribution in [3.8, 4) is 0 Å². The first-order valence-corrected chi connectivity index (χ1v) is 2.49. The van der Waals surface area contributed by atoms with Crippen molar-refractivity contribution in [2.45, 2.75) is 0 Å². The van der Waals surface area contributed by atoms with Crippen LogP contribution in [0.5, 0.6) is 0 Å². The smallest absolute Gasteiger partial charge is 0.208 e. The van der Waals surface area contributed by atoms with E-state index in [9.17, 15) is 0 Å². The number of aryl methyl sites for hydroxylation is 1. The normalized spacial score (nSPS) is 7.57. The first-order chi connectivity index (χ1) is 2.89. The molecule has 7 heavy (non-hydrogen) atoms. The van der Waals surface area contributed by atoms with E-state index in [1.165, 1.54) is 11.5 Å². The molecule has 1 aromatic heterocycles. The molecule has 0 saturated carbocycles. The van der Waals surface area contributed by atoms with E-state index in [0.29, 0.717) is 0 Å². The molecular weight excluding hydrogens is 223 g/mol. The van der Waals surface area contributed by atoms with Gasteiger partial charge in [0.2, 0.25) is 6.20 Å². The minimum absolute atomic E-state index is 0. The van der Waals surface area contributed by atoms with Crippen molar-refractivity contribution in [3.05, 3.63) is 11.6 Å². The van der Waals surface area contributed by atoms with Crippen molar-refractivity contribution in [1.82, 2.24) is 4.49 Å². The molecule has 0 bridgehead atoms. The van der Waals surface area contributed by atoms with Crippen LogP contribution in [0.15, 0.2) is 11.6 Å². The third-order valence-corrected chi connectivity index (χ3v) is 1.11. The predicted octanol–water partition coefficient (Wildman–Crippen LogP) is -3.03. The maximum Gasteiger partial charge on any atom is 0.208 e. The lowest BCUT2D eigenvalue weighted by Crippen LogP contribution is -3.00. The highest BCUT2D eigenvalue weighted by Gasteiger charge is 1.84. The zero-order valence-corrected chi connectivity index (χ0v) is 6.81. The van der Waals surface area contributed by atoms with E-state index in [2.05, 4.69) is 4.49 Å². The zero-order chi connectivity index (χ0) is 4.41. The molecule has 0 fully saturated rings. The molecule has 0 amide bonds. The lowest BCUT2D eigenvalue weighted by molar-refractivity contribution is -0.722. The third kappa shape index (κ3) is 2.18. The van der Waals surface area contributed by atoms with Crippen molar-refractivity contribution in [2.75, 3.05) is 0 Å². The van der Waals surface area contributed by atoms with Gasteiger partial charge < -0.3 is 24.0 Å². The standard InChI is InChI=1S/C3H5N2S.HI/c1-5-2-3-6-4-5;/h2-3H,1H3;1H/q+1;/p-1. The van der Waals surface area contributed by atoms with Gasteiger partial charge in [0.05, 0.1) is 9.87 Å². The minimum Gasteiger partial charge on any atom is -1.00 e. The van der Waals surface area contributed by atoms with E-state index >= 15 is 0 Å².